The Morgan fingerprint density at radius 1 is 1.17 bits per heavy atom. The van der Waals surface area contributed by atoms with Crippen LogP contribution >= 0.6 is 11.6 Å². The number of rotatable bonds is 7. The van der Waals surface area contributed by atoms with Crippen molar-refractivity contribution in [3.8, 4) is 5.75 Å². The second-order valence-corrected chi connectivity index (χ2v) is 4.61. The number of carbonyl (C=O) groups excluding carboxylic acids is 3. The molecule has 0 aromatic heterocycles. The molecule has 0 bridgehead atoms. The van der Waals surface area contributed by atoms with E-state index in [-0.39, 0.29) is 26.2 Å². The van der Waals surface area contributed by atoms with Gasteiger partial charge in [0.2, 0.25) is 0 Å². The molecule has 23 heavy (non-hydrogen) atoms. The van der Waals surface area contributed by atoms with Crippen molar-refractivity contribution in [2.45, 2.75) is 13.3 Å². The van der Waals surface area contributed by atoms with Crippen molar-refractivity contribution in [2.24, 2.45) is 0 Å². The zero-order valence-corrected chi connectivity index (χ0v) is 13.3. The average molecular weight is 344 g/mol. The number of nitrogens with one attached hydrogen (secondary N) is 3. The maximum absolute atomic E-state index is 11.5. The summed E-state index contributed by atoms with van der Waals surface area (Å²) in [7, 11) is 0. The highest BCUT2D eigenvalue weighted by molar-refractivity contribution is 6.32. The van der Waals surface area contributed by atoms with E-state index in [0.29, 0.717) is 10.8 Å². The minimum Gasteiger partial charge on any atom is -0.482 e. The minimum atomic E-state index is -0.652. The molecule has 1 rings (SSSR count). The van der Waals surface area contributed by atoms with Crippen LogP contribution in [0, 0.1) is 0 Å². The van der Waals surface area contributed by atoms with Crippen LogP contribution in [0.2, 0.25) is 5.02 Å². The quantitative estimate of drug-likeness (QED) is 0.506. The van der Waals surface area contributed by atoms with Crippen LogP contribution in [0.4, 0.5) is 4.79 Å². The first-order valence-electron chi connectivity index (χ1n) is 6.88. The van der Waals surface area contributed by atoms with Crippen molar-refractivity contribution in [1.82, 2.24) is 16.2 Å². The van der Waals surface area contributed by atoms with Gasteiger partial charge in [0.05, 0.1) is 18.1 Å². The predicted octanol–water partition coefficient (Wildman–Crippen LogP) is 1.00. The van der Waals surface area contributed by atoms with Gasteiger partial charge >= 0.3 is 12.0 Å². The highest BCUT2D eigenvalue weighted by Crippen LogP contribution is 2.22. The van der Waals surface area contributed by atoms with Gasteiger partial charge in [-0.3, -0.25) is 15.0 Å². The van der Waals surface area contributed by atoms with Crippen LogP contribution in [-0.2, 0) is 14.3 Å². The minimum absolute atomic E-state index is 0.0465. The van der Waals surface area contributed by atoms with Gasteiger partial charge in [0.15, 0.2) is 6.61 Å². The van der Waals surface area contributed by atoms with Crippen molar-refractivity contribution >= 4 is 29.5 Å². The fourth-order valence-corrected chi connectivity index (χ4v) is 1.61. The van der Waals surface area contributed by atoms with E-state index in [1.165, 1.54) is 0 Å². The molecule has 0 aliphatic heterocycles. The molecule has 0 saturated heterocycles. The molecule has 0 saturated carbocycles. The van der Waals surface area contributed by atoms with Crippen molar-refractivity contribution in [3.63, 3.8) is 0 Å². The molecule has 126 valence electrons. The smallest absolute Gasteiger partial charge is 0.333 e. The molecule has 0 spiro atoms. The Morgan fingerprint density at radius 3 is 2.61 bits per heavy atom. The van der Waals surface area contributed by atoms with Gasteiger partial charge in [0.25, 0.3) is 5.91 Å². The molecule has 0 atom stereocenters. The van der Waals surface area contributed by atoms with Crippen molar-refractivity contribution in [2.75, 3.05) is 19.8 Å². The Bertz CT molecular complexity index is 553. The maximum Gasteiger partial charge on any atom is 0.333 e. The van der Waals surface area contributed by atoms with Crippen LogP contribution in [0.1, 0.15) is 13.3 Å². The van der Waals surface area contributed by atoms with E-state index in [4.69, 9.17) is 21.1 Å². The van der Waals surface area contributed by atoms with Crippen LogP contribution in [0.15, 0.2) is 24.3 Å². The van der Waals surface area contributed by atoms with Gasteiger partial charge in [0.1, 0.15) is 5.75 Å². The van der Waals surface area contributed by atoms with E-state index in [9.17, 15) is 14.4 Å². The second-order valence-electron chi connectivity index (χ2n) is 4.20. The third kappa shape index (κ3) is 7.91. The molecule has 9 heteroatoms. The normalized spacial score (nSPS) is 9.65. The Balaban J connectivity index is 2.16. The van der Waals surface area contributed by atoms with Crippen LogP contribution in [0.3, 0.4) is 0 Å². The molecule has 3 amide bonds. The molecular weight excluding hydrogens is 326 g/mol. The fraction of sp³-hybridized carbons (Fsp3) is 0.357. The molecule has 8 nitrogen and oxygen atoms in total. The molecule has 0 heterocycles. The summed E-state index contributed by atoms with van der Waals surface area (Å²) in [5.41, 5.74) is 4.27. The number of esters is 1. The van der Waals surface area contributed by atoms with Gasteiger partial charge in [-0.2, -0.15) is 0 Å². The van der Waals surface area contributed by atoms with E-state index >= 15 is 0 Å². The lowest BCUT2D eigenvalue weighted by Gasteiger charge is -2.10. The van der Waals surface area contributed by atoms with Gasteiger partial charge < -0.3 is 14.8 Å². The number of urea groups is 1. The molecule has 1 aromatic carbocycles. The van der Waals surface area contributed by atoms with Crippen LogP contribution < -0.4 is 20.9 Å². The lowest BCUT2D eigenvalue weighted by atomic mass is 10.3. The largest absolute Gasteiger partial charge is 0.482 e. The first-order chi connectivity index (χ1) is 11.0. The second kappa shape index (κ2) is 10.3. The van der Waals surface area contributed by atoms with Gasteiger partial charge in [-0.15, -0.1) is 0 Å². The van der Waals surface area contributed by atoms with E-state index in [1.54, 1.807) is 31.2 Å². The third-order valence-electron chi connectivity index (χ3n) is 2.43. The Morgan fingerprint density at radius 2 is 1.91 bits per heavy atom. The van der Waals surface area contributed by atoms with Crippen LogP contribution in [0.5, 0.6) is 5.75 Å². The summed E-state index contributed by atoms with van der Waals surface area (Å²) in [5, 5.41) is 2.76. The Kier molecular flexibility index (Phi) is 8.30. The molecule has 1 aromatic rings. The molecule has 0 aliphatic carbocycles. The molecule has 0 radical (unpaired) electrons. The topological polar surface area (TPSA) is 106 Å². The molecular formula is C14H18ClN3O5. The number of halogens is 1. The summed E-state index contributed by atoms with van der Waals surface area (Å²) in [6, 6.07) is 6.04. The SMILES string of the molecule is CCOC(=O)CCNC(=O)NNC(=O)COc1ccccc1Cl. The summed E-state index contributed by atoms with van der Waals surface area (Å²) < 4.78 is 9.89. The van der Waals surface area contributed by atoms with Crippen LogP contribution in [-0.4, -0.2) is 37.7 Å². The summed E-state index contributed by atoms with van der Waals surface area (Å²) in [4.78, 5) is 33.9. The monoisotopic (exact) mass is 343 g/mol. The van der Waals surface area contributed by atoms with Gasteiger partial charge in [-0.1, -0.05) is 23.7 Å². The zero-order chi connectivity index (χ0) is 17.1. The molecule has 0 fully saturated rings. The fourth-order valence-electron chi connectivity index (χ4n) is 1.42. The Hall–Kier alpha value is -2.48. The van der Waals surface area contributed by atoms with Crippen molar-refractivity contribution in [1.29, 1.82) is 0 Å². The number of para-hydroxylation sites is 1. The zero-order valence-electron chi connectivity index (χ0n) is 12.6. The maximum atomic E-state index is 11.5. The lowest BCUT2D eigenvalue weighted by Crippen LogP contribution is -2.48. The highest BCUT2D eigenvalue weighted by atomic mass is 35.5. The Labute approximate surface area is 138 Å². The van der Waals surface area contributed by atoms with Crippen molar-refractivity contribution in [3.05, 3.63) is 29.3 Å². The number of ether oxygens (including phenoxy) is 2. The standard InChI is InChI=1S/C14H18ClN3O5/c1-2-22-13(20)7-8-16-14(21)18-17-12(19)9-23-11-6-4-3-5-10(11)15/h3-6H,2,7-9H2,1H3,(H,17,19)(H2,16,18,21). The number of hydrazine groups is 1. The van der Waals surface area contributed by atoms with Gasteiger partial charge in [0, 0.05) is 6.54 Å². The number of hydrogen-bond donors (Lipinski definition) is 3. The lowest BCUT2D eigenvalue weighted by molar-refractivity contribution is -0.142. The average Bonchev–Trinajstić information content (AvgIpc) is 2.52. The summed E-state index contributed by atoms with van der Waals surface area (Å²) in [6.45, 7) is 1.76. The van der Waals surface area contributed by atoms with Crippen molar-refractivity contribution < 1.29 is 23.9 Å². The first kappa shape index (κ1) is 18.6. The van der Waals surface area contributed by atoms with Gasteiger partial charge in [-0.05, 0) is 19.1 Å². The third-order valence-corrected chi connectivity index (χ3v) is 2.74. The van der Waals surface area contributed by atoms with E-state index in [1.807, 2.05) is 0 Å². The number of hydrogen-bond acceptors (Lipinski definition) is 5. The van der Waals surface area contributed by atoms with Gasteiger partial charge in [-0.25, -0.2) is 10.2 Å². The molecule has 0 unspecified atom stereocenters. The number of carbonyl (C=O) groups is 3. The summed E-state index contributed by atoms with van der Waals surface area (Å²) in [6.07, 6.45) is 0.0465. The number of benzene rings is 1. The van der Waals surface area contributed by atoms with E-state index in [0.717, 1.165) is 0 Å². The van der Waals surface area contributed by atoms with Crippen LogP contribution in [0.25, 0.3) is 0 Å². The molecule has 0 aliphatic rings. The first-order valence-corrected chi connectivity index (χ1v) is 7.26. The molecule has 3 N–H and O–H groups in total. The van der Waals surface area contributed by atoms with E-state index in [2.05, 4.69) is 16.2 Å². The summed E-state index contributed by atoms with van der Waals surface area (Å²) >= 11 is 5.87. The predicted molar refractivity (Wildman–Crippen MR) is 82.9 cm³/mol. The summed E-state index contributed by atoms with van der Waals surface area (Å²) in [5.74, 6) is -0.612. The van der Waals surface area contributed by atoms with E-state index < -0.39 is 17.9 Å². The highest BCUT2D eigenvalue weighted by Gasteiger charge is 2.07. The number of amides is 3.